The number of nitrogens with zero attached hydrogens (tertiary/aromatic N) is 3. The van der Waals surface area contributed by atoms with Crippen LogP contribution in [0, 0.1) is 16.0 Å². The summed E-state index contributed by atoms with van der Waals surface area (Å²) in [5.41, 5.74) is -0.191. The molecule has 0 spiro atoms. The molecule has 2 atom stereocenters. The number of carbonyl (C=O) groups is 1. The van der Waals surface area contributed by atoms with Gasteiger partial charge in [-0.1, -0.05) is 13.8 Å². The number of nitrogens with one attached hydrogen (secondary N) is 1. The van der Waals surface area contributed by atoms with Crippen LogP contribution >= 0.6 is 0 Å². The van der Waals surface area contributed by atoms with Gasteiger partial charge in [-0.3, -0.25) is 15.1 Å². The summed E-state index contributed by atoms with van der Waals surface area (Å²) in [6, 6.07) is 1.36. The Morgan fingerprint density at radius 3 is 2.58 bits per heavy atom. The lowest BCUT2D eigenvalue weighted by Crippen LogP contribution is -2.55. The van der Waals surface area contributed by atoms with Gasteiger partial charge in [-0.05, 0) is 63.7 Å². The molecule has 174 valence electrons. The van der Waals surface area contributed by atoms with E-state index in [1.807, 2.05) is 18.0 Å². The number of piperidine rings is 1. The normalized spacial score (nSPS) is 20.3. The van der Waals surface area contributed by atoms with Crippen LogP contribution in [0.5, 0.6) is 0 Å². The molecular formula is C21H36N4O5Si. The standard InChI is InChI=1S/C21H36N4O5Si/c1-20(2,3)30-19(26)23-16-14-24(17-8-10-22-13-18(17)25(27)28)11-9-15(16)12-21(4,5)31(6,7)29/h8,10,13,15-16,29H,9,11-12,14H2,1-7H3,(H,23,26)/t15-,16+/m0/s1. The Morgan fingerprint density at radius 2 is 2.03 bits per heavy atom. The number of alkyl carbamates (subject to hydrolysis) is 1. The zero-order valence-corrected chi connectivity index (χ0v) is 20.6. The number of hydrogen-bond donors (Lipinski definition) is 2. The van der Waals surface area contributed by atoms with Crippen molar-refractivity contribution in [3.63, 3.8) is 0 Å². The van der Waals surface area contributed by atoms with E-state index in [1.54, 1.807) is 26.8 Å². The molecule has 0 saturated carbocycles. The van der Waals surface area contributed by atoms with Crippen molar-refractivity contribution in [2.24, 2.45) is 5.92 Å². The number of rotatable bonds is 6. The van der Waals surface area contributed by atoms with Gasteiger partial charge in [0.25, 0.3) is 0 Å². The van der Waals surface area contributed by atoms with Crippen molar-refractivity contribution in [1.82, 2.24) is 10.3 Å². The molecule has 1 amide bonds. The predicted octanol–water partition coefficient (Wildman–Crippen LogP) is 4.08. The summed E-state index contributed by atoms with van der Waals surface area (Å²) in [6.45, 7) is 14.5. The second-order valence-electron chi connectivity index (χ2n) is 10.5. The highest BCUT2D eigenvalue weighted by molar-refractivity contribution is 6.72. The maximum Gasteiger partial charge on any atom is 0.407 e. The first-order valence-electron chi connectivity index (χ1n) is 10.7. The number of amides is 1. The molecule has 2 rings (SSSR count). The molecule has 1 saturated heterocycles. The van der Waals surface area contributed by atoms with Crippen LogP contribution in [-0.4, -0.2) is 53.8 Å². The first-order chi connectivity index (χ1) is 14.1. The van der Waals surface area contributed by atoms with Gasteiger partial charge in [-0.15, -0.1) is 0 Å². The number of hydrogen-bond acceptors (Lipinski definition) is 7. The van der Waals surface area contributed by atoms with Crippen LogP contribution in [0.15, 0.2) is 18.5 Å². The molecule has 1 fully saturated rings. The summed E-state index contributed by atoms with van der Waals surface area (Å²) in [6.07, 6.45) is 3.75. The molecule has 2 heterocycles. The van der Waals surface area contributed by atoms with E-state index in [9.17, 15) is 19.7 Å². The maximum absolute atomic E-state index is 12.5. The average molecular weight is 453 g/mol. The SMILES string of the molecule is CC(C)(C)OC(=O)N[C@@H]1CN(c2ccncc2[N+](=O)[O-])CC[C@H]1CC(C)(C)[Si](C)(C)O. The van der Waals surface area contributed by atoms with Crippen molar-refractivity contribution >= 4 is 25.8 Å². The second-order valence-corrected chi connectivity index (χ2v) is 15.0. The van der Waals surface area contributed by atoms with Crippen molar-refractivity contribution in [2.45, 2.75) is 77.2 Å². The van der Waals surface area contributed by atoms with E-state index in [0.29, 0.717) is 18.8 Å². The zero-order valence-electron chi connectivity index (χ0n) is 19.6. The highest BCUT2D eigenvalue weighted by Crippen LogP contribution is 2.44. The van der Waals surface area contributed by atoms with Crippen molar-refractivity contribution in [3.05, 3.63) is 28.6 Å². The van der Waals surface area contributed by atoms with E-state index in [2.05, 4.69) is 24.1 Å². The van der Waals surface area contributed by atoms with Gasteiger partial charge in [0.1, 0.15) is 17.5 Å². The van der Waals surface area contributed by atoms with Crippen LogP contribution < -0.4 is 10.2 Å². The fourth-order valence-electron chi connectivity index (χ4n) is 3.78. The van der Waals surface area contributed by atoms with Crippen molar-refractivity contribution in [1.29, 1.82) is 0 Å². The minimum atomic E-state index is -2.44. The van der Waals surface area contributed by atoms with E-state index < -0.39 is 24.9 Å². The fraction of sp³-hybridized carbons (Fsp3) is 0.714. The third kappa shape index (κ3) is 6.64. The second kappa shape index (κ2) is 9.11. The van der Waals surface area contributed by atoms with Crippen LogP contribution in [0.1, 0.15) is 47.5 Å². The molecule has 1 aromatic heterocycles. The van der Waals surface area contributed by atoms with Crippen molar-refractivity contribution in [2.75, 3.05) is 18.0 Å². The van der Waals surface area contributed by atoms with E-state index in [4.69, 9.17) is 4.74 Å². The summed E-state index contributed by atoms with van der Waals surface area (Å²) in [7, 11) is -2.44. The Kier molecular flexibility index (Phi) is 7.37. The van der Waals surface area contributed by atoms with Gasteiger partial charge < -0.3 is 19.7 Å². The lowest BCUT2D eigenvalue weighted by molar-refractivity contribution is -0.384. The molecule has 0 radical (unpaired) electrons. The Morgan fingerprint density at radius 1 is 1.39 bits per heavy atom. The van der Waals surface area contributed by atoms with E-state index in [1.165, 1.54) is 12.4 Å². The van der Waals surface area contributed by atoms with Gasteiger partial charge in [0.05, 0.1) is 11.0 Å². The topological polar surface area (TPSA) is 118 Å². The van der Waals surface area contributed by atoms with Crippen LogP contribution in [0.3, 0.4) is 0 Å². The quantitative estimate of drug-likeness (QED) is 0.379. The van der Waals surface area contributed by atoms with Gasteiger partial charge in [0.15, 0.2) is 8.32 Å². The van der Waals surface area contributed by atoms with Crippen molar-refractivity contribution < 1.29 is 19.3 Å². The smallest absolute Gasteiger partial charge is 0.407 e. The predicted molar refractivity (Wildman–Crippen MR) is 123 cm³/mol. The monoisotopic (exact) mass is 452 g/mol. The molecule has 0 aromatic carbocycles. The van der Waals surface area contributed by atoms with Crippen LogP contribution in [0.2, 0.25) is 18.1 Å². The average Bonchev–Trinajstić information content (AvgIpc) is 2.60. The third-order valence-electron chi connectivity index (χ3n) is 6.20. The highest BCUT2D eigenvalue weighted by Gasteiger charge is 2.43. The summed E-state index contributed by atoms with van der Waals surface area (Å²) < 4.78 is 5.46. The number of ether oxygens (including phenoxy) is 1. The van der Waals surface area contributed by atoms with E-state index >= 15 is 0 Å². The van der Waals surface area contributed by atoms with Gasteiger partial charge in [-0.25, -0.2) is 4.79 Å². The largest absolute Gasteiger partial charge is 0.444 e. The van der Waals surface area contributed by atoms with Gasteiger partial charge in [0.2, 0.25) is 0 Å². The number of anilines is 1. The number of carbonyl (C=O) groups excluding carboxylic acids is 1. The summed E-state index contributed by atoms with van der Waals surface area (Å²) in [4.78, 5) is 40.1. The lowest BCUT2D eigenvalue weighted by atomic mass is 9.84. The number of aromatic nitrogens is 1. The van der Waals surface area contributed by atoms with Gasteiger partial charge >= 0.3 is 11.8 Å². The Bertz CT molecular complexity index is 804. The molecule has 31 heavy (non-hydrogen) atoms. The summed E-state index contributed by atoms with van der Waals surface area (Å²) in [5.74, 6) is 0.110. The molecule has 1 aromatic rings. The van der Waals surface area contributed by atoms with E-state index in [0.717, 1.165) is 12.8 Å². The molecule has 10 heteroatoms. The molecule has 2 N–H and O–H groups in total. The minimum Gasteiger partial charge on any atom is -0.444 e. The Balaban J connectivity index is 2.28. The van der Waals surface area contributed by atoms with Gasteiger partial charge in [-0.2, -0.15) is 0 Å². The molecule has 0 unspecified atom stereocenters. The molecule has 0 aliphatic carbocycles. The third-order valence-corrected chi connectivity index (χ3v) is 9.72. The molecule has 1 aliphatic rings. The molecule has 0 bridgehead atoms. The minimum absolute atomic E-state index is 0.0544. The fourth-order valence-corrected chi connectivity index (χ4v) is 4.54. The summed E-state index contributed by atoms with van der Waals surface area (Å²) >= 11 is 0. The van der Waals surface area contributed by atoms with Crippen LogP contribution in [0.4, 0.5) is 16.2 Å². The zero-order chi connectivity index (χ0) is 23.6. The lowest BCUT2D eigenvalue weighted by Gasteiger charge is -2.45. The molecular weight excluding hydrogens is 416 g/mol. The first-order valence-corrected chi connectivity index (χ1v) is 13.6. The summed E-state index contributed by atoms with van der Waals surface area (Å²) in [5, 5.41) is 14.2. The van der Waals surface area contributed by atoms with Gasteiger partial charge in [0, 0.05) is 19.3 Å². The number of pyridine rings is 1. The first kappa shape index (κ1) is 25.1. The highest BCUT2D eigenvalue weighted by atomic mass is 28.4. The Hall–Kier alpha value is -2.20. The maximum atomic E-state index is 12.5. The van der Waals surface area contributed by atoms with E-state index in [-0.39, 0.29) is 22.7 Å². The molecule has 1 aliphatic heterocycles. The molecule has 9 nitrogen and oxygen atoms in total. The number of nitro groups is 1. The Labute approximate surface area is 185 Å². The van der Waals surface area contributed by atoms with Crippen LogP contribution in [-0.2, 0) is 4.74 Å². The van der Waals surface area contributed by atoms with Crippen molar-refractivity contribution in [3.8, 4) is 0 Å². The van der Waals surface area contributed by atoms with Crippen LogP contribution in [0.25, 0.3) is 0 Å².